The maximum Gasteiger partial charge on any atom is 0.125 e. The van der Waals surface area contributed by atoms with Crippen LogP contribution < -0.4 is 15.4 Å². The Labute approximate surface area is 299 Å². The molecule has 3 aromatic rings. The Bertz CT molecular complexity index is 874. The van der Waals surface area contributed by atoms with Gasteiger partial charge in [0, 0.05) is 45.8 Å². The topological polar surface area (TPSA) is 79.7 Å². The monoisotopic (exact) mass is 680 g/mol. The number of rotatable bonds is 2. The van der Waals surface area contributed by atoms with Crippen molar-refractivity contribution in [2.45, 2.75) is 77.2 Å². The molecule has 1 aromatic carbocycles. The number of likely N-dealkylation sites (tertiary alicyclic amines) is 1. The van der Waals surface area contributed by atoms with E-state index in [0.717, 1.165) is 43.8 Å². The molecular formula is C39H81N7O2. The molecule has 3 aliphatic heterocycles. The van der Waals surface area contributed by atoms with Gasteiger partial charge in [0.25, 0.3) is 0 Å². The van der Waals surface area contributed by atoms with Crippen molar-refractivity contribution in [3.05, 3.63) is 73.4 Å². The summed E-state index contributed by atoms with van der Waals surface area (Å²) in [5.74, 6) is 2.79. The highest BCUT2D eigenvalue weighted by Crippen LogP contribution is 2.08. The molecule has 284 valence electrons. The van der Waals surface area contributed by atoms with Gasteiger partial charge in [-0.2, -0.15) is 0 Å². The average molecular weight is 680 g/mol. The van der Waals surface area contributed by atoms with Crippen LogP contribution in [0.3, 0.4) is 0 Å². The number of anilines is 1. The zero-order valence-corrected chi connectivity index (χ0v) is 27.0. The third-order valence-electron chi connectivity index (χ3n) is 6.73. The Morgan fingerprint density at radius 1 is 0.771 bits per heavy atom. The molecule has 9 nitrogen and oxygen atoms in total. The molecule has 3 aliphatic rings. The van der Waals surface area contributed by atoms with Crippen LogP contribution in [0, 0.1) is 5.92 Å². The highest BCUT2D eigenvalue weighted by Gasteiger charge is 2.05. The Balaban J connectivity index is -0.000000108. The number of para-hydroxylation sites is 1. The van der Waals surface area contributed by atoms with Crippen molar-refractivity contribution in [3.63, 3.8) is 0 Å². The number of nitrogens with zero attached hydrogens (tertiary/aromatic N) is 5. The van der Waals surface area contributed by atoms with Crippen LogP contribution in [-0.4, -0.2) is 105 Å². The first-order valence-corrected chi connectivity index (χ1v) is 15.2. The third kappa shape index (κ3) is 34.4. The van der Waals surface area contributed by atoms with Crippen LogP contribution in [0.15, 0.2) is 73.4 Å². The predicted molar refractivity (Wildman–Crippen MR) is 217 cm³/mol. The van der Waals surface area contributed by atoms with Gasteiger partial charge in [0.05, 0.1) is 26.7 Å². The van der Waals surface area contributed by atoms with Gasteiger partial charge in [0.2, 0.25) is 0 Å². The molecule has 2 aromatic heterocycles. The fraction of sp³-hybridized carbons (Fsp3) is 0.641. The summed E-state index contributed by atoms with van der Waals surface area (Å²) in [7, 11) is 9.74. The molecule has 48 heavy (non-hydrogen) atoms. The maximum absolute atomic E-state index is 5.10. The Hall–Kier alpha value is -2.98. The zero-order chi connectivity index (χ0) is 30.7. The van der Waals surface area contributed by atoms with Crippen LogP contribution >= 0.6 is 0 Å². The van der Waals surface area contributed by atoms with E-state index in [1.54, 1.807) is 25.8 Å². The number of morpholine rings is 1. The largest absolute Gasteiger partial charge is 0.497 e. The highest BCUT2D eigenvalue weighted by molar-refractivity contribution is 5.31. The van der Waals surface area contributed by atoms with Gasteiger partial charge in [-0.1, -0.05) is 75.7 Å². The van der Waals surface area contributed by atoms with E-state index in [0.29, 0.717) is 0 Å². The van der Waals surface area contributed by atoms with Crippen LogP contribution in [0.4, 0.5) is 5.82 Å². The summed E-state index contributed by atoms with van der Waals surface area (Å²) in [6, 6.07) is 15.4. The molecule has 0 amide bonds. The molecule has 0 aliphatic carbocycles. The molecule has 6 rings (SSSR count). The summed E-state index contributed by atoms with van der Waals surface area (Å²) < 4.78 is 11.9. The number of hydrogen-bond acceptors (Lipinski definition) is 8. The average Bonchev–Trinajstić information content (AvgIpc) is 3.73. The zero-order valence-electron chi connectivity index (χ0n) is 27.0. The SMILES string of the molecule is C.C.C.C.C.C.CC1CCNCC1.CN1CCCC1.CN1CCOCC1.CNc1ccccn1.COc1ccccc1.Cn1ccnc1. The molecule has 5 heterocycles. The standard InChI is InChI=1S/C7H8O.C6H8N2.C6H13N.C5H11NO.C5H11N.C4H6N2.6CH4/c1-8-7-5-3-2-4-6-7;1-7-6-4-2-3-5-8-6;2*1-6-2-4-7-5-3-6;1-6-4-2-3-5-6;1-6-3-2-5-4-6;;;;;;/h2-6H,1H3;2-5H,1H3,(H,7,8);6-7H,2-5H2,1H3;2-5H2,1H3;2-5H2,1H3;2-4H,1H3;6*1H4. The highest BCUT2D eigenvalue weighted by atomic mass is 16.5. The minimum atomic E-state index is 0. The molecule has 3 saturated heterocycles. The molecule has 0 spiro atoms. The number of hydrogen-bond donors (Lipinski definition) is 2. The van der Waals surface area contributed by atoms with Crippen molar-refractivity contribution in [3.8, 4) is 5.75 Å². The maximum atomic E-state index is 5.10. The number of nitrogens with one attached hydrogen (secondary N) is 2. The minimum absolute atomic E-state index is 0. The van der Waals surface area contributed by atoms with Gasteiger partial charge in [0.1, 0.15) is 11.6 Å². The summed E-state index contributed by atoms with van der Waals surface area (Å²) >= 11 is 0. The van der Waals surface area contributed by atoms with Gasteiger partial charge in [-0.25, -0.2) is 9.97 Å². The van der Waals surface area contributed by atoms with Gasteiger partial charge in [-0.15, -0.1) is 0 Å². The Kier molecular flexibility index (Phi) is 48.0. The number of methoxy groups -OCH3 is 1. The number of imidazole rings is 1. The van der Waals surface area contributed by atoms with E-state index in [2.05, 4.69) is 51.4 Å². The smallest absolute Gasteiger partial charge is 0.125 e. The van der Waals surface area contributed by atoms with Gasteiger partial charge < -0.3 is 34.5 Å². The molecule has 0 bridgehead atoms. The number of likely N-dealkylation sites (N-methyl/N-ethyl adjacent to an activating group) is 1. The van der Waals surface area contributed by atoms with Gasteiger partial charge >= 0.3 is 0 Å². The molecule has 0 radical (unpaired) electrons. The lowest BCUT2D eigenvalue weighted by Gasteiger charge is -2.21. The lowest BCUT2D eigenvalue weighted by Crippen LogP contribution is -2.32. The molecule has 0 unspecified atom stereocenters. The number of piperidine rings is 1. The molecule has 9 heteroatoms. The van der Waals surface area contributed by atoms with Crippen molar-refractivity contribution in [1.29, 1.82) is 0 Å². The van der Waals surface area contributed by atoms with Gasteiger partial charge in [0.15, 0.2) is 0 Å². The summed E-state index contributed by atoms with van der Waals surface area (Å²) in [5, 5.41) is 6.23. The lowest BCUT2D eigenvalue weighted by atomic mass is 10.0. The van der Waals surface area contributed by atoms with E-state index >= 15 is 0 Å². The third-order valence-corrected chi connectivity index (χ3v) is 6.73. The van der Waals surface area contributed by atoms with E-state index in [9.17, 15) is 0 Å². The summed E-state index contributed by atoms with van der Waals surface area (Å²) in [6.45, 7) is 11.5. The summed E-state index contributed by atoms with van der Waals surface area (Å²) in [5.41, 5.74) is 0. The van der Waals surface area contributed by atoms with E-state index in [1.807, 2.05) is 73.4 Å². The van der Waals surface area contributed by atoms with Crippen molar-refractivity contribution >= 4 is 5.82 Å². The lowest BCUT2D eigenvalue weighted by molar-refractivity contribution is 0.0503. The van der Waals surface area contributed by atoms with Gasteiger partial charge in [-0.3, -0.25) is 0 Å². The number of aryl methyl sites for hydroxylation is 1. The number of benzene rings is 1. The van der Waals surface area contributed by atoms with Crippen LogP contribution in [0.25, 0.3) is 0 Å². The Morgan fingerprint density at radius 3 is 1.56 bits per heavy atom. The normalized spacial score (nSPS) is 14.5. The van der Waals surface area contributed by atoms with Crippen LogP contribution in [-0.2, 0) is 11.8 Å². The fourth-order valence-corrected chi connectivity index (χ4v) is 3.89. The van der Waals surface area contributed by atoms with Crippen LogP contribution in [0.2, 0.25) is 0 Å². The minimum Gasteiger partial charge on any atom is -0.497 e. The summed E-state index contributed by atoms with van der Waals surface area (Å²) in [6.07, 6.45) is 12.7. The first-order valence-electron chi connectivity index (χ1n) is 15.2. The number of pyridine rings is 1. The number of aromatic nitrogens is 3. The molecule has 2 N–H and O–H groups in total. The van der Waals surface area contributed by atoms with Crippen LogP contribution in [0.1, 0.15) is 77.2 Å². The fourth-order valence-electron chi connectivity index (χ4n) is 3.89. The first kappa shape index (κ1) is 57.3. The van der Waals surface area contributed by atoms with Crippen LogP contribution in [0.5, 0.6) is 5.75 Å². The predicted octanol–water partition coefficient (Wildman–Crippen LogP) is 8.72. The molecule has 3 fully saturated rings. The van der Waals surface area contributed by atoms with Crippen molar-refractivity contribution in [2.24, 2.45) is 13.0 Å². The molecular weight excluding hydrogens is 598 g/mol. The van der Waals surface area contributed by atoms with Crippen molar-refractivity contribution < 1.29 is 9.47 Å². The summed E-state index contributed by atoms with van der Waals surface area (Å²) in [4.78, 5) is 12.4. The second kappa shape index (κ2) is 40.2. The Morgan fingerprint density at radius 2 is 1.31 bits per heavy atom. The van der Waals surface area contributed by atoms with Crippen molar-refractivity contribution in [2.75, 3.05) is 86.1 Å². The molecule has 0 saturated carbocycles. The molecule has 0 atom stereocenters. The van der Waals surface area contributed by atoms with E-state index < -0.39 is 0 Å². The number of ether oxygens (including phenoxy) is 2. The van der Waals surface area contributed by atoms with Gasteiger partial charge in [-0.05, 0) is 96.1 Å². The van der Waals surface area contributed by atoms with E-state index in [4.69, 9.17) is 9.47 Å². The first-order chi connectivity index (χ1) is 20.4. The van der Waals surface area contributed by atoms with E-state index in [1.165, 1.54) is 51.9 Å². The quantitative estimate of drug-likeness (QED) is 0.279. The second-order valence-corrected chi connectivity index (χ2v) is 10.6. The van der Waals surface area contributed by atoms with Crippen molar-refractivity contribution in [1.82, 2.24) is 29.7 Å². The van der Waals surface area contributed by atoms with E-state index in [-0.39, 0.29) is 44.6 Å². The second-order valence-electron chi connectivity index (χ2n) is 10.6.